The fourth-order valence-electron chi connectivity index (χ4n) is 2.50. The molecule has 0 fully saturated rings. The molecule has 1 aliphatic carbocycles. The number of hydrogen-bond acceptors (Lipinski definition) is 6. The van der Waals surface area contributed by atoms with Gasteiger partial charge in [-0.2, -0.15) is 0 Å². The predicted octanol–water partition coefficient (Wildman–Crippen LogP) is 2.43. The van der Waals surface area contributed by atoms with E-state index in [9.17, 15) is 0 Å². The average Bonchev–Trinajstić information content (AvgIpc) is 2.81. The molecule has 3 rings (SSSR count). The molecule has 0 aliphatic heterocycles. The summed E-state index contributed by atoms with van der Waals surface area (Å²) in [6, 6.07) is 5.40. The zero-order valence-electron chi connectivity index (χ0n) is 14.2. The summed E-state index contributed by atoms with van der Waals surface area (Å²) in [6.45, 7) is 0. The van der Waals surface area contributed by atoms with Crippen molar-refractivity contribution in [3.63, 3.8) is 0 Å². The van der Waals surface area contributed by atoms with E-state index in [1.165, 1.54) is 6.33 Å². The van der Waals surface area contributed by atoms with E-state index in [1.54, 1.807) is 20.3 Å². The fraction of sp³-hybridized carbons (Fsp3) is 0.222. The van der Waals surface area contributed by atoms with Gasteiger partial charge in [0.1, 0.15) is 17.8 Å². The summed E-state index contributed by atoms with van der Waals surface area (Å²) in [6.07, 6.45) is 5.80. The number of ether oxygens (including phenoxy) is 3. The maximum Gasteiger partial charge on any atom is 0.230 e. The monoisotopic (exact) mass is 359 g/mol. The van der Waals surface area contributed by atoms with Gasteiger partial charge in [-0.05, 0) is 18.2 Å². The first kappa shape index (κ1) is 17.1. The van der Waals surface area contributed by atoms with E-state index in [-0.39, 0.29) is 0 Å². The van der Waals surface area contributed by atoms with Gasteiger partial charge < -0.3 is 19.5 Å². The third-order valence-corrected chi connectivity index (χ3v) is 4.11. The molecular weight excluding hydrogens is 342 g/mol. The highest BCUT2D eigenvalue weighted by Gasteiger charge is 2.12. The van der Waals surface area contributed by atoms with Gasteiger partial charge in [-0.25, -0.2) is 9.97 Å². The maximum absolute atomic E-state index is 6.22. The molecule has 0 bridgehead atoms. The van der Waals surface area contributed by atoms with Crippen LogP contribution in [0.3, 0.4) is 0 Å². The summed E-state index contributed by atoms with van der Waals surface area (Å²) >= 11 is 6.22. The van der Waals surface area contributed by atoms with Gasteiger partial charge in [-0.1, -0.05) is 17.7 Å². The minimum Gasteiger partial charge on any atom is -0.497 e. The van der Waals surface area contributed by atoms with Crippen LogP contribution in [0.5, 0.6) is 11.6 Å². The molecule has 2 aromatic rings. The van der Waals surface area contributed by atoms with Crippen molar-refractivity contribution < 1.29 is 14.2 Å². The van der Waals surface area contributed by atoms with Crippen LogP contribution in [0.1, 0.15) is 6.42 Å². The Labute approximate surface area is 150 Å². The Morgan fingerprint density at radius 3 is 2.68 bits per heavy atom. The molecule has 130 valence electrons. The minimum atomic E-state index is 0.418. The number of halogens is 1. The van der Waals surface area contributed by atoms with Gasteiger partial charge in [0.2, 0.25) is 5.88 Å². The van der Waals surface area contributed by atoms with Crippen LogP contribution in [0.2, 0.25) is 5.02 Å². The largest absolute Gasteiger partial charge is 0.497 e. The summed E-state index contributed by atoms with van der Waals surface area (Å²) in [5.41, 5.74) is 0.824. The quantitative estimate of drug-likeness (QED) is 0.884. The maximum atomic E-state index is 6.22. The van der Waals surface area contributed by atoms with Gasteiger partial charge in [0.05, 0.1) is 35.5 Å². The molecule has 7 heteroatoms. The normalized spacial score (nSPS) is 13.1. The number of aromatic nitrogens is 2. The molecule has 0 saturated carbocycles. The highest BCUT2D eigenvalue weighted by Crippen LogP contribution is 2.28. The number of nitrogens with zero attached hydrogens (tertiary/aromatic N) is 2. The number of methoxy groups -OCH3 is 2. The molecule has 1 N–H and O–H groups in total. The van der Waals surface area contributed by atoms with Crippen LogP contribution in [-0.2, 0) is 9.47 Å². The van der Waals surface area contributed by atoms with Gasteiger partial charge in [0.25, 0.3) is 0 Å². The summed E-state index contributed by atoms with van der Waals surface area (Å²) in [7, 11) is 5.01. The van der Waals surface area contributed by atoms with E-state index in [2.05, 4.69) is 15.3 Å². The van der Waals surface area contributed by atoms with Crippen molar-refractivity contribution in [1.29, 1.82) is 0 Å². The molecule has 0 amide bonds. The van der Waals surface area contributed by atoms with Crippen molar-refractivity contribution in [2.75, 3.05) is 26.6 Å². The zero-order valence-corrected chi connectivity index (χ0v) is 14.9. The Morgan fingerprint density at radius 1 is 1.16 bits per heavy atom. The van der Waals surface area contributed by atoms with Crippen molar-refractivity contribution >= 4 is 29.4 Å². The molecule has 6 nitrogen and oxygen atoms in total. The van der Waals surface area contributed by atoms with Crippen LogP contribution in [0.15, 0.2) is 36.0 Å². The molecule has 1 heterocycles. The van der Waals surface area contributed by atoms with Crippen LogP contribution in [0.4, 0.5) is 5.69 Å². The summed E-state index contributed by atoms with van der Waals surface area (Å²) < 4.78 is 16.7. The van der Waals surface area contributed by atoms with Crippen LogP contribution in [0, 0.1) is 0 Å². The summed E-state index contributed by atoms with van der Waals surface area (Å²) in [5, 5.41) is 5.05. The second-order valence-electron chi connectivity index (χ2n) is 5.22. The standard InChI is InChI=1S/C18H18ClN3O3/c1-20-15-5-4-11(8-13(15)19)25-18-12-9-17(24-3)16(23-2)7-6-14(12)21-10-22-18/h4-6,8-10,20H,7H2,1-3H3. The first-order valence-corrected chi connectivity index (χ1v) is 8.03. The Balaban J connectivity index is 2.07. The van der Waals surface area contributed by atoms with E-state index in [1.807, 2.05) is 31.3 Å². The highest BCUT2D eigenvalue weighted by molar-refractivity contribution is 6.33. The molecule has 0 atom stereocenters. The van der Waals surface area contributed by atoms with Gasteiger partial charge >= 0.3 is 0 Å². The van der Waals surface area contributed by atoms with Crippen LogP contribution >= 0.6 is 11.6 Å². The SMILES string of the molecule is CNc1ccc(Oc2ncnc3c2=CC(OC)=C(OC)CC=3)cc1Cl. The van der Waals surface area contributed by atoms with E-state index in [0.717, 1.165) is 16.3 Å². The molecule has 0 radical (unpaired) electrons. The topological polar surface area (TPSA) is 65.5 Å². The molecular formula is C18H18ClN3O3. The second kappa shape index (κ2) is 7.44. The van der Waals surface area contributed by atoms with E-state index < -0.39 is 0 Å². The second-order valence-corrected chi connectivity index (χ2v) is 5.63. The number of fused-ring (bicyclic) bond motifs is 1. The Hall–Kier alpha value is -2.73. The van der Waals surface area contributed by atoms with Crippen molar-refractivity contribution in [3.05, 3.63) is 51.6 Å². The molecule has 0 saturated heterocycles. The number of anilines is 1. The molecule has 1 aromatic carbocycles. The lowest BCUT2D eigenvalue weighted by atomic mass is 10.3. The van der Waals surface area contributed by atoms with Gasteiger partial charge in [0, 0.05) is 19.5 Å². The molecule has 25 heavy (non-hydrogen) atoms. The van der Waals surface area contributed by atoms with Crippen molar-refractivity contribution in [3.8, 4) is 11.6 Å². The Bertz CT molecular complexity index is 941. The number of benzene rings is 1. The lowest BCUT2D eigenvalue weighted by molar-refractivity contribution is 0.232. The molecule has 1 aromatic heterocycles. The van der Waals surface area contributed by atoms with Crippen LogP contribution in [0.25, 0.3) is 12.2 Å². The fourth-order valence-corrected chi connectivity index (χ4v) is 2.77. The van der Waals surface area contributed by atoms with Crippen molar-refractivity contribution in [2.45, 2.75) is 6.42 Å². The van der Waals surface area contributed by atoms with E-state index in [0.29, 0.717) is 34.6 Å². The Morgan fingerprint density at radius 2 is 2.00 bits per heavy atom. The highest BCUT2D eigenvalue weighted by atomic mass is 35.5. The summed E-state index contributed by atoms with van der Waals surface area (Å²) in [4.78, 5) is 8.57. The zero-order chi connectivity index (χ0) is 17.8. The van der Waals surface area contributed by atoms with Crippen molar-refractivity contribution in [2.24, 2.45) is 0 Å². The lowest BCUT2D eigenvalue weighted by Crippen LogP contribution is -2.30. The van der Waals surface area contributed by atoms with Gasteiger partial charge in [0.15, 0.2) is 5.76 Å². The smallest absolute Gasteiger partial charge is 0.230 e. The van der Waals surface area contributed by atoms with Gasteiger partial charge in [-0.15, -0.1) is 0 Å². The number of rotatable bonds is 5. The summed E-state index contributed by atoms with van der Waals surface area (Å²) in [5.74, 6) is 2.33. The number of nitrogens with one attached hydrogen (secondary N) is 1. The third-order valence-electron chi connectivity index (χ3n) is 3.80. The van der Waals surface area contributed by atoms with Gasteiger partial charge in [-0.3, -0.25) is 0 Å². The Kier molecular flexibility index (Phi) is 5.09. The molecule has 1 aliphatic rings. The minimum absolute atomic E-state index is 0.418. The van der Waals surface area contributed by atoms with E-state index >= 15 is 0 Å². The van der Waals surface area contributed by atoms with Crippen LogP contribution < -0.4 is 20.6 Å². The third kappa shape index (κ3) is 3.53. The molecule has 0 spiro atoms. The first-order chi connectivity index (χ1) is 12.2. The van der Waals surface area contributed by atoms with E-state index in [4.69, 9.17) is 25.8 Å². The first-order valence-electron chi connectivity index (χ1n) is 7.65. The lowest BCUT2D eigenvalue weighted by Gasteiger charge is -2.09. The average molecular weight is 360 g/mol. The predicted molar refractivity (Wildman–Crippen MR) is 96.9 cm³/mol. The van der Waals surface area contributed by atoms with Crippen LogP contribution in [-0.4, -0.2) is 31.2 Å². The number of hydrogen-bond donors (Lipinski definition) is 1. The van der Waals surface area contributed by atoms with Crippen molar-refractivity contribution in [1.82, 2.24) is 9.97 Å². The number of allylic oxidation sites excluding steroid dienone is 2. The molecule has 0 unspecified atom stereocenters.